The molecule has 2 fully saturated rings. The molecule has 0 aromatic heterocycles. The zero-order valence-corrected chi connectivity index (χ0v) is 12.5. The van der Waals surface area contributed by atoms with Crippen molar-refractivity contribution in [1.82, 2.24) is 5.32 Å². The predicted octanol–water partition coefficient (Wildman–Crippen LogP) is 2.83. The molecule has 0 aliphatic heterocycles. The van der Waals surface area contributed by atoms with Gasteiger partial charge in [0.25, 0.3) is 0 Å². The van der Waals surface area contributed by atoms with Crippen molar-refractivity contribution in [2.45, 2.75) is 77.3 Å². The molecule has 2 unspecified atom stereocenters. The average molecular weight is 266 g/mol. The van der Waals surface area contributed by atoms with Gasteiger partial charge in [-0.25, -0.2) is 0 Å². The SMILES string of the molecule is CC(C)C1CCC(NC(=O)C2CCCC(N)C2)CC1. The van der Waals surface area contributed by atoms with Gasteiger partial charge < -0.3 is 11.1 Å². The quantitative estimate of drug-likeness (QED) is 0.825. The fourth-order valence-electron chi connectivity index (χ4n) is 3.71. The van der Waals surface area contributed by atoms with Crippen molar-refractivity contribution >= 4 is 5.91 Å². The molecular formula is C16H30N2O. The molecule has 2 rings (SSSR count). The van der Waals surface area contributed by atoms with Crippen molar-refractivity contribution in [1.29, 1.82) is 0 Å². The van der Waals surface area contributed by atoms with E-state index in [1.165, 1.54) is 12.8 Å². The van der Waals surface area contributed by atoms with E-state index in [2.05, 4.69) is 19.2 Å². The van der Waals surface area contributed by atoms with Crippen molar-refractivity contribution in [3.05, 3.63) is 0 Å². The molecule has 2 saturated carbocycles. The fraction of sp³-hybridized carbons (Fsp3) is 0.938. The second-order valence-corrected chi connectivity index (χ2v) is 6.99. The Bertz CT molecular complexity index is 295. The summed E-state index contributed by atoms with van der Waals surface area (Å²) in [7, 11) is 0. The van der Waals surface area contributed by atoms with E-state index in [0.29, 0.717) is 6.04 Å². The van der Waals surface area contributed by atoms with Crippen LogP contribution in [0.15, 0.2) is 0 Å². The summed E-state index contributed by atoms with van der Waals surface area (Å²) in [5.41, 5.74) is 5.97. The maximum atomic E-state index is 12.3. The van der Waals surface area contributed by atoms with Crippen LogP contribution in [0, 0.1) is 17.8 Å². The Kier molecular flexibility index (Phi) is 5.26. The van der Waals surface area contributed by atoms with Crippen LogP contribution in [0.5, 0.6) is 0 Å². The van der Waals surface area contributed by atoms with Crippen molar-refractivity contribution in [2.75, 3.05) is 0 Å². The van der Waals surface area contributed by atoms with Crippen molar-refractivity contribution < 1.29 is 4.79 Å². The van der Waals surface area contributed by atoms with E-state index >= 15 is 0 Å². The smallest absolute Gasteiger partial charge is 0.223 e. The van der Waals surface area contributed by atoms with Gasteiger partial charge in [0.2, 0.25) is 5.91 Å². The van der Waals surface area contributed by atoms with Gasteiger partial charge in [-0.1, -0.05) is 20.3 Å². The van der Waals surface area contributed by atoms with Crippen LogP contribution in [0.1, 0.15) is 65.2 Å². The average Bonchev–Trinajstić information content (AvgIpc) is 2.39. The van der Waals surface area contributed by atoms with Gasteiger partial charge in [0.15, 0.2) is 0 Å². The maximum Gasteiger partial charge on any atom is 0.223 e. The van der Waals surface area contributed by atoms with Crippen LogP contribution in [0.4, 0.5) is 0 Å². The summed E-state index contributed by atoms with van der Waals surface area (Å²) in [5, 5.41) is 3.27. The lowest BCUT2D eigenvalue weighted by Crippen LogP contribution is -2.43. The Morgan fingerprint density at radius 3 is 2.37 bits per heavy atom. The molecule has 19 heavy (non-hydrogen) atoms. The molecule has 0 aromatic carbocycles. The van der Waals surface area contributed by atoms with Gasteiger partial charge in [-0.15, -0.1) is 0 Å². The molecule has 2 atom stereocenters. The minimum Gasteiger partial charge on any atom is -0.353 e. The molecule has 0 saturated heterocycles. The van der Waals surface area contributed by atoms with E-state index in [-0.39, 0.29) is 17.9 Å². The van der Waals surface area contributed by atoms with Crippen LogP contribution in [0.3, 0.4) is 0 Å². The highest BCUT2D eigenvalue weighted by molar-refractivity contribution is 5.79. The molecular weight excluding hydrogens is 236 g/mol. The predicted molar refractivity (Wildman–Crippen MR) is 78.7 cm³/mol. The Balaban J connectivity index is 1.74. The number of carbonyl (C=O) groups is 1. The lowest BCUT2D eigenvalue weighted by molar-refractivity contribution is -0.127. The van der Waals surface area contributed by atoms with E-state index < -0.39 is 0 Å². The third kappa shape index (κ3) is 4.20. The van der Waals surface area contributed by atoms with E-state index in [0.717, 1.165) is 50.4 Å². The summed E-state index contributed by atoms with van der Waals surface area (Å²) < 4.78 is 0. The minimum absolute atomic E-state index is 0.173. The first-order valence-electron chi connectivity index (χ1n) is 8.12. The molecule has 110 valence electrons. The molecule has 3 N–H and O–H groups in total. The Hall–Kier alpha value is -0.570. The van der Waals surface area contributed by atoms with Crippen LogP contribution in [0.25, 0.3) is 0 Å². The van der Waals surface area contributed by atoms with Crippen LogP contribution < -0.4 is 11.1 Å². The number of hydrogen-bond acceptors (Lipinski definition) is 2. The van der Waals surface area contributed by atoms with E-state index in [4.69, 9.17) is 5.73 Å². The number of rotatable bonds is 3. The molecule has 0 heterocycles. The van der Waals surface area contributed by atoms with E-state index in [9.17, 15) is 4.79 Å². The van der Waals surface area contributed by atoms with Crippen LogP contribution >= 0.6 is 0 Å². The number of nitrogens with one attached hydrogen (secondary N) is 1. The molecule has 0 radical (unpaired) electrons. The lowest BCUT2D eigenvalue weighted by atomic mass is 9.79. The number of hydrogen-bond donors (Lipinski definition) is 2. The second kappa shape index (κ2) is 6.74. The third-order valence-electron chi connectivity index (χ3n) is 5.15. The lowest BCUT2D eigenvalue weighted by Gasteiger charge is -2.33. The summed E-state index contributed by atoms with van der Waals surface area (Å²) in [6, 6.07) is 0.654. The van der Waals surface area contributed by atoms with Gasteiger partial charge in [0.05, 0.1) is 0 Å². The molecule has 3 nitrogen and oxygen atoms in total. The van der Waals surface area contributed by atoms with Gasteiger partial charge in [-0.3, -0.25) is 4.79 Å². The van der Waals surface area contributed by atoms with Crippen molar-refractivity contribution in [3.63, 3.8) is 0 Å². The monoisotopic (exact) mass is 266 g/mol. The molecule has 1 amide bonds. The van der Waals surface area contributed by atoms with Gasteiger partial charge in [-0.2, -0.15) is 0 Å². The number of amides is 1. The molecule has 0 aromatic rings. The van der Waals surface area contributed by atoms with Gasteiger partial charge >= 0.3 is 0 Å². The minimum atomic E-state index is 0.173. The van der Waals surface area contributed by atoms with Gasteiger partial charge in [0.1, 0.15) is 0 Å². The van der Waals surface area contributed by atoms with Crippen LogP contribution in [0.2, 0.25) is 0 Å². The summed E-state index contributed by atoms with van der Waals surface area (Å²) in [4.78, 5) is 12.3. The van der Waals surface area contributed by atoms with Crippen molar-refractivity contribution in [3.8, 4) is 0 Å². The Morgan fingerprint density at radius 2 is 1.79 bits per heavy atom. The molecule has 0 spiro atoms. The highest BCUT2D eigenvalue weighted by Crippen LogP contribution is 2.30. The molecule has 3 heteroatoms. The first-order valence-corrected chi connectivity index (χ1v) is 8.12. The molecule has 2 aliphatic rings. The second-order valence-electron chi connectivity index (χ2n) is 6.99. The Labute approximate surface area is 117 Å². The first kappa shape index (κ1) is 14.8. The third-order valence-corrected chi connectivity index (χ3v) is 5.15. The van der Waals surface area contributed by atoms with Crippen LogP contribution in [-0.4, -0.2) is 18.0 Å². The fourth-order valence-corrected chi connectivity index (χ4v) is 3.71. The van der Waals surface area contributed by atoms with Gasteiger partial charge in [0, 0.05) is 18.0 Å². The first-order chi connectivity index (χ1) is 9.06. The molecule has 0 bridgehead atoms. The summed E-state index contributed by atoms with van der Waals surface area (Å²) in [6.07, 6.45) is 8.97. The van der Waals surface area contributed by atoms with Crippen molar-refractivity contribution in [2.24, 2.45) is 23.5 Å². The maximum absolute atomic E-state index is 12.3. The topological polar surface area (TPSA) is 55.1 Å². The normalized spacial score (nSPS) is 36.2. The highest BCUT2D eigenvalue weighted by Gasteiger charge is 2.29. The van der Waals surface area contributed by atoms with E-state index in [1.807, 2.05) is 0 Å². The largest absolute Gasteiger partial charge is 0.353 e. The Morgan fingerprint density at radius 1 is 1.11 bits per heavy atom. The summed E-state index contributed by atoms with van der Waals surface area (Å²) in [6.45, 7) is 4.62. The highest BCUT2D eigenvalue weighted by atomic mass is 16.1. The zero-order valence-electron chi connectivity index (χ0n) is 12.5. The van der Waals surface area contributed by atoms with Gasteiger partial charge in [-0.05, 0) is 56.8 Å². The number of nitrogens with two attached hydrogens (primary N) is 1. The van der Waals surface area contributed by atoms with Crippen LogP contribution in [-0.2, 0) is 4.79 Å². The standard InChI is InChI=1S/C16H30N2O/c1-11(2)12-6-8-15(9-7-12)18-16(19)13-4-3-5-14(17)10-13/h11-15H,3-10,17H2,1-2H3,(H,18,19). The summed E-state index contributed by atoms with van der Waals surface area (Å²) >= 11 is 0. The number of carbonyl (C=O) groups excluding carboxylic acids is 1. The summed E-state index contributed by atoms with van der Waals surface area (Å²) in [5.74, 6) is 2.08. The molecule has 2 aliphatic carbocycles. The van der Waals surface area contributed by atoms with E-state index in [1.54, 1.807) is 0 Å². The zero-order chi connectivity index (χ0) is 13.8.